The first kappa shape index (κ1) is 18.0. The third kappa shape index (κ3) is 3.34. The summed E-state index contributed by atoms with van der Waals surface area (Å²) in [5.74, 6) is -0.0558. The molecule has 1 aromatic rings. The number of hydrogen-bond acceptors (Lipinski definition) is 3. The average molecular weight is 383 g/mol. The summed E-state index contributed by atoms with van der Waals surface area (Å²) < 4.78 is 0. The summed E-state index contributed by atoms with van der Waals surface area (Å²) in [4.78, 5) is 30.6. The van der Waals surface area contributed by atoms with Gasteiger partial charge < -0.3 is 15.1 Å². The molecule has 0 aromatic heterocycles. The lowest BCUT2D eigenvalue weighted by atomic mass is 9.96. The summed E-state index contributed by atoms with van der Waals surface area (Å²) in [6, 6.07) is 4.39. The van der Waals surface area contributed by atoms with E-state index in [0.717, 1.165) is 17.8 Å². The number of amides is 3. The molecule has 0 radical (unpaired) electrons. The van der Waals surface area contributed by atoms with Crippen LogP contribution in [-0.2, 0) is 4.79 Å². The SMILES string of the molecule is CN(C)CCN1CC2=C(C1=O)C(c1ccc(Cl)c(Cl)c1)NC(=O)N2C. The van der Waals surface area contributed by atoms with E-state index in [4.69, 9.17) is 23.2 Å². The molecule has 1 N–H and O–H groups in total. The lowest BCUT2D eigenvalue weighted by Crippen LogP contribution is -2.45. The molecule has 2 aliphatic rings. The predicted molar refractivity (Wildman–Crippen MR) is 97.7 cm³/mol. The minimum Gasteiger partial charge on any atom is -0.332 e. The minimum atomic E-state index is -0.523. The highest BCUT2D eigenvalue weighted by Crippen LogP contribution is 2.37. The van der Waals surface area contributed by atoms with Crippen LogP contribution in [0.2, 0.25) is 10.0 Å². The van der Waals surface area contributed by atoms with Crippen molar-refractivity contribution in [2.45, 2.75) is 6.04 Å². The van der Waals surface area contributed by atoms with Crippen LogP contribution in [0.5, 0.6) is 0 Å². The Morgan fingerprint density at radius 2 is 1.96 bits per heavy atom. The number of likely N-dealkylation sites (N-methyl/N-ethyl adjacent to an activating group) is 2. The van der Waals surface area contributed by atoms with Gasteiger partial charge in [-0.1, -0.05) is 29.3 Å². The predicted octanol–water partition coefficient (Wildman–Crippen LogP) is 2.35. The third-order valence-electron chi connectivity index (χ3n) is 4.53. The van der Waals surface area contributed by atoms with Crippen molar-refractivity contribution in [2.75, 3.05) is 40.8 Å². The van der Waals surface area contributed by atoms with Gasteiger partial charge in [-0.3, -0.25) is 9.69 Å². The van der Waals surface area contributed by atoms with Crippen LogP contribution in [0.25, 0.3) is 0 Å². The molecule has 134 valence electrons. The quantitative estimate of drug-likeness (QED) is 0.869. The first-order valence-electron chi connectivity index (χ1n) is 7.95. The number of urea groups is 1. The van der Waals surface area contributed by atoms with Gasteiger partial charge in [-0.05, 0) is 31.8 Å². The molecule has 0 aliphatic carbocycles. The molecule has 25 heavy (non-hydrogen) atoms. The summed E-state index contributed by atoms with van der Waals surface area (Å²) in [6.07, 6.45) is 0. The van der Waals surface area contributed by atoms with Crippen molar-refractivity contribution in [1.82, 2.24) is 20.0 Å². The topological polar surface area (TPSA) is 55.9 Å². The zero-order valence-corrected chi connectivity index (χ0v) is 15.9. The molecule has 0 bridgehead atoms. The smallest absolute Gasteiger partial charge is 0.322 e. The van der Waals surface area contributed by atoms with Crippen molar-refractivity contribution in [2.24, 2.45) is 0 Å². The van der Waals surface area contributed by atoms with E-state index in [1.807, 2.05) is 19.0 Å². The maximum atomic E-state index is 13.0. The van der Waals surface area contributed by atoms with Crippen molar-refractivity contribution in [1.29, 1.82) is 0 Å². The van der Waals surface area contributed by atoms with Crippen molar-refractivity contribution in [3.05, 3.63) is 45.1 Å². The summed E-state index contributed by atoms with van der Waals surface area (Å²) in [5, 5.41) is 3.71. The van der Waals surface area contributed by atoms with E-state index in [1.54, 1.807) is 30.1 Å². The second-order valence-corrected chi connectivity index (χ2v) is 7.32. The molecule has 2 heterocycles. The summed E-state index contributed by atoms with van der Waals surface area (Å²) in [5.41, 5.74) is 2.08. The molecule has 0 saturated heterocycles. The molecule has 0 fully saturated rings. The first-order valence-corrected chi connectivity index (χ1v) is 8.71. The van der Waals surface area contributed by atoms with E-state index in [-0.39, 0.29) is 11.9 Å². The highest BCUT2D eigenvalue weighted by molar-refractivity contribution is 6.42. The zero-order valence-electron chi connectivity index (χ0n) is 14.3. The Balaban J connectivity index is 1.95. The minimum absolute atomic E-state index is 0.0558. The molecular formula is C17H20Cl2N4O2. The lowest BCUT2D eigenvalue weighted by Gasteiger charge is -2.31. The molecule has 0 spiro atoms. The van der Waals surface area contributed by atoms with E-state index in [1.165, 1.54) is 4.90 Å². The fourth-order valence-corrected chi connectivity index (χ4v) is 3.37. The van der Waals surface area contributed by atoms with Crippen molar-refractivity contribution >= 4 is 35.1 Å². The van der Waals surface area contributed by atoms with Gasteiger partial charge in [0.2, 0.25) is 0 Å². The van der Waals surface area contributed by atoms with Crippen molar-refractivity contribution in [3.63, 3.8) is 0 Å². The van der Waals surface area contributed by atoms with Gasteiger partial charge in [-0.15, -0.1) is 0 Å². The van der Waals surface area contributed by atoms with Gasteiger partial charge in [0.25, 0.3) is 5.91 Å². The Hall–Kier alpha value is -1.76. The van der Waals surface area contributed by atoms with Crippen LogP contribution < -0.4 is 5.32 Å². The Kier molecular flexibility index (Phi) is 4.95. The standard InChI is InChI=1S/C17H20Cl2N4O2/c1-21(2)6-7-23-9-13-14(16(23)24)15(20-17(25)22(13)3)10-4-5-11(18)12(19)8-10/h4-5,8,15H,6-7,9H2,1-3H3,(H,20,25). The van der Waals surface area contributed by atoms with Gasteiger partial charge in [0, 0.05) is 20.1 Å². The van der Waals surface area contributed by atoms with E-state index in [2.05, 4.69) is 5.32 Å². The maximum Gasteiger partial charge on any atom is 0.322 e. The molecule has 6 nitrogen and oxygen atoms in total. The van der Waals surface area contributed by atoms with Crippen molar-refractivity contribution in [3.8, 4) is 0 Å². The summed E-state index contributed by atoms with van der Waals surface area (Å²) in [7, 11) is 5.60. The molecule has 3 rings (SSSR count). The molecule has 1 aromatic carbocycles. The molecule has 0 saturated carbocycles. The number of nitrogens with one attached hydrogen (secondary N) is 1. The molecule has 1 atom stereocenters. The van der Waals surface area contributed by atoms with Crippen molar-refractivity contribution < 1.29 is 9.59 Å². The molecule has 1 unspecified atom stereocenters. The van der Waals surface area contributed by atoms with Crippen LogP contribution in [0, 0.1) is 0 Å². The largest absolute Gasteiger partial charge is 0.332 e. The Labute approximate surface area is 157 Å². The molecule has 8 heteroatoms. The summed E-state index contributed by atoms with van der Waals surface area (Å²) in [6.45, 7) is 1.80. The van der Waals surface area contributed by atoms with Crippen LogP contribution >= 0.6 is 23.2 Å². The number of nitrogens with zero attached hydrogens (tertiary/aromatic N) is 3. The molecule has 3 amide bonds. The lowest BCUT2D eigenvalue weighted by molar-refractivity contribution is -0.125. The van der Waals surface area contributed by atoms with Gasteiger partial charge >= 0.3 is 6.03 Å². The van der Waals surface area contributed by atoms with E-state index < -0.39 is 6.04 Å². The van der Waals surface area contributed by atoms with E-state index >= 15 is 0 Å². The number of benzene rings is 1. The van der Waals surface area contributed by atoms with Crippen LogP contribution in [0.1, 0.15) is 11.6 Å². The Morgan fingerprint density at radius 3 is 2.60 bits per heavy atom. The normalized spacial score (nSPS) is 20.5. The van der Waals surface area contributed by atoms with Crippen LogP contribution in [-0.4, -0.2) is 67.4 Å². The second-order valence-electron chi connectivity index (χ2n) is 6.51. The first-order chi connectivity index (χ1) is 11.8. The number of rotatable bonds is 4. The van der Waals surface area contributed by atoms with Gasteiger partial charge in [0.05, 0.1) is 33.9 Å². The Morgan fingerprint density at radius 1 is 1.24 bits per heavy atom. The van der Waals surface area contributed by atoms with Gasteiger partial charge in [0.15, 0.2) is 0 Å². The number of carbonyl (C=O) groups is 2. The number of halogens is 2. The Bertz CT molecular complexity index is 763. The monoisotopic (exact) mass is 382 g/mol. The fraction of sp³-hybridized carbons (Fsp3) is 0.412. The number of hydrogen-bond donors (Lipinski definition) is 1. The van der Waals surface area contributed by atoms with Crippen LogP contribution in [0.15, 0.2) is 29.5 Å². The van der Waals surface area contributed by atoms with E-state index in [0.29, 0.717) is 28.7 Å². The third-order valence-corrected chi connectivity index (χ3v) is 5.27. The average Bonchev–Trinajstić information content (AvgIpc) is 2.89. The fourth-order valence-electron chi connectivity index (χ4n) is 3.07. The zero-order chi connectivity index (χ0) is 18.3. The van der Waals surface area contributed by atoms with Crippen LogP contribution in [0.4, 0.5) is 4.79 Å². The molecule has 2 aliphatic heterocycles. The van der Waals surface area contributed by atoms with Gasteiger partial charge in [0.1, 0.15) is 0 Å². The summed E-state index contributed by atoms with van der Waals surface area (Å²) >= 11 is 12.1. The van der Waals surface area contributed by atoms with Gasteiger partial charge in [-0.25, -0.2) is 4.79 Å². The highest BCUT2D eigenvalue weighted by atomic mass is 35.5. The number of carbonyl (C=O) groups excluding carboxylic acids is 2. The second kappa shape index (κ2) is 6.86. The molecular weight excluding hydrogens is 363 g/mol. The van der Waals surface area contributed by atoms with Gasteiger partial charge in [-0.2, -0.15) is 0 Å². The maximum absolute atomic E-state index is 13.0. The highest BCUT2D eigenvalue weighted by Gasteiger charge is 2.42. The van der Waals surface area contributed by atoms with E-state index in [9.17, 15) is 9.59 Å². The van der Waals surface area contributed by atoms with Crippen LogP contribution in [0.3, 0.4) is 0 Å².